The molecule has 0 unspecified atom stereocenters. The van der Waals surface area contributed by atoms with Crippen molar-refractivity contribution in [2.75, 3.05) is 5.32 Å². The zero-order chi connectivity index (χ0) is 15.3. The van der Waals surface area contributed by atoms with Crippen molar-refractivity contribution in [1.82, 2.24) is 0 Å². The number of hydrogen-bond acceptors (Lipinski definition) is 4. The highest BCUT2D eigenvalue weighted by atomic mass is 79.9. The molecule has 1 aliphatic rings. The third-order valence-electron chi connectivity index (χ3n) is 3.07. The lowest BCUT2D eigenvalue weighted by atomic mass is 10.1. The van der Waals surface area contributed by atoms with Gasteiger partial charge in [-0.25, -0.2) is 4.39 Å². The molecular weight excluding hydrogens is 427 g/mol. The quantitative estimate of drug-likeness (QED) is 0.390. The number of halogens is 3. The fourth-order valence-electron chi connectivity index (χ4n) is 2.17. The van der Waals surface area contributed by atoms with E-state index in [1.54, 1.807) is 13.0 Å². The fraction of sp³-hybridized carbons (Fsp3) is 0.0769. The lowest BCUT2D eigenvalue weighted by Crippen LogP contribution is -2.06. The van der Waals surface area contributed by atoms with Crippen molar-refractivity contribution < 1.29 is 9.31 Å². The van der Waals surface area contributed by atoms with E-state index in [0.717, 1.165) is 0 Å². The molecule has 0 saturated carbocycles. The van der Waals surface area contributed by atoms with E-state index in [1.165, 1.54) is 23.9 Å². The molecule has 2 aromatic carbocycles. The number of nitro benzene ring substituents is 1. The third-order valence-corrected chi connectivity index (χ3v) is 5.73. The lowest BCUT2D eigenvalue weighted by molar-refractivity contribution is -0.384. The maximum atomic E-state index is 13.5. The Kier molecular flexibility index (Phi) is 3.71. The molecule has 0 radical (unpaired) electrons. The minimum atomic E-state index is -0.438. The molecule has 0 aromatic heterocycles. The van der Waals surface area contributed by atoms with E-state index in [1.807, 2.05) is 0 Å². The van der Waals surface area contributed by atoms with Crippen molar-refractivity contribution in [1.29, 1.82) is 0 Å². The van der Waals surface area contributed by atoms with Crippen LogP contribution in [0.2, 0.25) is 0 Å². The van der Waals surface area contributed by atoms with Gasteiger partial charge in [0.2, 0.25) is 0 Å². The predicted octanol–water partition coefficient (Wildman–Crippen LogP) is 5.78. The number of fused-ring (bicyclic) bond motifs is 2. The second-order valence-corrected chi connectivity index (χ2v) is 7.23. The zero-order valence-electron chi connectivity index (χ0n) is 10.5. The molecule has 0 bridgehead atoms. The summed E-state index contributed by atoms with van der Waals surface area (Å²) in [6.07, 6.45) is 0. The molecule has 4 nitrogen and oxygen atoms in total. The normalized spacial score (nSPS) is 12.4. The highest BCUT2D eigenvalue weighted by Crippen LogP contribution is 2.53. The second kappa shape index (κ2) is 5.26. The third kappa shape index (κ3) is 2.45. The number of aryl methyl sites for hydroxylation is 1. The summed E-state index contributed by atoms with van der Waals surface area (Å²) in [4.78, 5) is 12.2. The Hall–Kier alpha value is -1.12. The van der Waals surface area contributed by atoms with E-state index in [2.05, 4.69) is 37.2 Å². The maximum Gasteiger partial charge on any atom is 0.307 e. The number of benzene rings is 2. The minimum Gasteiger partial charge on any atom is -0.348 e. The van der Waals surface area contributed by atoms with Crippen LogP contribution in [0.1, 0.15) is 5.56 Å². The SMILES string of the molecule is Cc1cc(F)cc2c1Nc1c(c(Br)cc(Br)c1[N+](=O)[O-])S2. The van der Waals surface area contributed by atoms with Gasteiger partial charge in [-0.2, -0.15) is 0 Å². The van der Waals surface area contributed by atoms with E-state index in [0.29, 0.717) is 35.7 Å². The average molecular weight is 434 g/mol. The van der Waals surface area contributed by atoms with Crippen molar-refractivity contribution >= 4 is 60.7 Å². The molecule has 0 amide bonds. The van der Waals surface area contributed by atoms with Crippen molar-refractivity contribution in [3.8, 4) is 0 Å². The molecule has 0 fully saturated rings. The van der Waals surface area contributed by atoms with Crippen molar-refractivity contribution in [3.63, 3.8) is 0 Å². The summed E-state index contributed by atoms with van der Waals surface area (Å²) < 4.78 is 14.6. The number of hydrogen-bond donors (Lipinski definition) is 1. The fourth-order valence-corrected chi connectivity index (χ4v) is 4.83. The zero-order valence-corrected chi connectivity index (χ0v) is 14.5. The van der Waals surface area contributed by atoms with Gasteiger partial charge in [0.15, 0.2) is 0 Å². The second-order valence-electron chi connectivity index (χ2n) is 4.47. The molecule has 8 heteroatoms. The summed E-state index contributed by atoms with van der Waals surface area (Å²) in [5.74, 6) is -0.327. The van der Waals surface area contributed by atoms with Gasteiger partial charge in [0.05, 0.1) is 20.0 Å². The molecule has 21 heavy (non-hydrogen) atoms. The van der Waals surface area contributed by atoms with Crippen LogP contribution in [0.4, 0.5) is 21.5 Å². The summed E-state index contributed by atoms with van der Waals surface area (Å²) in [5, 5.41) is 14.4. The first-order valence-electron chi connectivity index (χ1n) is 5.80. The van der Waals surface area contributed by atoms with E-state index in [9.17, 15) is 14.5 Å². The number of anilines is 2. The summed E-state index contributed by atoms with van der Waals surface area (Å²) in [6, 6.07) is 4.45. The van der Waals surface area contributed by atoms with Crippen molar-refractivity contribution in [2.24, 2.45) is 0 Å². The van der Waals surface area contributed by atoms with Crippen LogP contribution in [-0.2, 0) is 0 Å². The first-order chi connectivity index (χ1) is 9.88. The maximum absolute atomic E-state index is 13.5. The summed E-state index contributed by atoms with van der Waals surface area (Å²) >= 11 is 7.92. The first-order valence-corrected chi connectivity index (χ1v) is 8.20. The standard InChI is InChI=1S/C13H7Br2FN2O2S/c1-5-2-6(16)3-9-10(5)17-11-12(18(19)20)7(14)4-8(15)13(11)21-9/h2-4,17H,1H3. The Morgan fingerprint density at radius 1 is 1.24 bits per heavy atom. The highest BCUT2D eigenvalue weighted by molar-refractivity contribution is 9.11. The van der Waals surface area contributed by atoms with Crippen LogP contribution in [0.3, 0.4) is 0 Å². The molecule has 1 heterocycles. The number of nitrogens with zero attached hydrogens (tertiary/aromatic N) is 1. The molecule has 1 aliphatic heterocycles. The van der Waals surface area contributed by atoms with Crippen molar-refractivity contribution in [2.45, 2.75) is 16.7 Å². The van der Waals surface area contributed by atoms with E-state index < -0.39 is 4.92 Å². The van der Waals surface area contributed by atoms with Crippen LogP contribution in [0, 0.1) is 22.9 Å². The van der Waals surface area contributed by atoms with E-state index in [-0.39, 0.29) is 11.5 Å². The molecular formula is C13H7Br2FN2O2S. The topological polar surface area (TPSA) is 55.2 Å². The molecule has 1 N–H and O–H groups in total. The Morgan fingerprint density at radius 2 is 1.95 bits per heavy atom. The van der Waals surface area contributed by atoms with Gasteiger partial charge in [0.25, 0.3) is 0 Å². The van der Waals surface area contributed by atoms with Crippen LogP contribution in [-0.4, -0.2) is 4.92 Å². The molecule has 0 aliphatic carbocycles. The largest absolute Gasteiger partial charge is 0.348 e. The highest BCUT2D eigenvalue weighted by Gasteiger charge is 2.30. The first kappa shape index (κ1) is 14.8. The molecule has 0 atom stereocenters. The van der Waals surface area contributed by atoms with Gasteiger partial charge in [-0.1, -0.05) is 11.8 Å². The number of rotatable bonds is 1. The molecule has 2 aromatic rings. The molecule has 0 spiro atoms. The van der Waals surface area contributed by atoms with E-state index in [4.69, 9.17) is 0 Å². The Morgan fingerprint density at radius 3 is 2.62 bits per heavy atom. The van der Waals surface area contributed by atoms with Crippen LogP contribution >= 0.6 is 43.6 Å². The number of nitro groups is 1. The van der Waals surface area contributed by atoms with Gasteiger partial charge >= 0.3 is 5.69 Å². The number of nitrogens with one attached hydrogen (secondary N) is 1. The van der Waals surface area contributed by atoms with Crippen LogP contribution in [0.15, 0.2) is 36.9 Å². The monoisotopic (exact) mass is 432 g/mol. The van der Waals surface area contributed by atoms with Gasteiger partial charge in [-0.05, 0) is 62.5 Å². The Bertz CT molecular complexity index is 798. The summed E-state index contributed by atoms with van der Waals surface area (Å²) in [6.45, 7) is 1.76. The smallest absolute Gasteiger partial charge is 0.307 e. The van der Waals surface area contributed by atoms with Crippen LogP contribution in [0.25, 0.3) is 0 Å². The van der Waals surface area contributed by atoms with Gasteiger partial charge in [0.1, 0.15) is 11.5 Å². The molecule has 108 valence electrons. The minimum absolute atomic E-state index is 0.0323. The van der Waals surface area contributed by atoms with Crippen LogP contribution in [0.5, 0.6) is 0 Å². The lowest BCUT2D eigenvalue weighted by Gasteiger charge is -2.23. The Labute approximate surface area is 140 Å². The Balaban J connectivity index is 2.26. The molecule has 3 rings (SSSR count). The van der Waals surface area contributed by atoms with Crippen LogP contribution < -0.4 is 5.32 Å². The van der Waals surface area contributed by atoms with E-state index >= 15 is 0 Å². The van der Waals surface area contributed by atoms with Gasteiger partial charge in [-0.3, -0.25) is 10.1 Å². The van der Waals surface area contributed by atoms with Gasteiger partial charge in [0, 0.05) is 9.37 Å². The summed E-state index contributed by atoms with van der Waals surface area (Å²) in [7, 11) is 0. The average Bonchev–Trinajstić information content (AvgIpc) is 2.37. The predicted molar refractivity (Wildman–Crippen MR) is 87.0 cm³/mol. The van der Waals surface area contributed by atoms with Gasteiger partial charge in [-0.15, -0.1) is 0 Å². The van der Waals surface area contributed by atoms with Gasteiger partial charge < -0.3 is 5.32 Å². The molecule has 0 saturated heterocycles. The van der Waals surface area contributed by atoms with Crippen molar-refractivity contribution in [3.05, 3.63) is 48.6 Å². The summed E-state index contributed by atoms with van der Waals surface area (Å²) in [5.41, 5.74) is 1.78.